The van der Waals surface area contributed by atoms with Crippen LogP contribution in [-0.4, -0.2) is 16.3 Å². The van der Waals surface area contributed by atoms with Gasteiger partial charge in [0.1, 0.15) is 0 Å². The van der Waals surface area contributed by atoms with Crippen molar-refractivity contribution in [2.45, 2.75) is 0 Å². The van der Waals surface area contributed by atoms with Crippen LogP contribution in [0.2, 0.25) is 10.0 Å². The normalized spacial score (nSPS) is 10.9. The lowest BCUT2D eigenvalue weighted by molar-refractivity contribution is 0.458. The van der Waals surface area contributed by atoms with E-state index in [0.717, 1.165) is 5.56 Å². The molecule has 1 heterocycles. The number of halogens is 2. The van der Waals surface area contributed by atoms with E-state index in [1.54, 1.807) is 24.4 Å². The van der Waals surface area contributed by atoms with Crippen LogP contribution in [-0.2, 0) is 0 Å². The summed E-state index contributed by atoms with van der Waals surface area (Å²) in [6.45, 7) is 0. The fraction of sp³-hybridized carbons (Fsp3) is 0. The van der Waals surface area contributed by atoms with E-state index in [1.165, 1.54) is 16.7 Å². The summed E-state index contributed by atoms with van der Waals surface area (Å²) in [6.07, 6.45) is 1.55. The summed E-state index contributed by atoms with van der Waals surface area (Å²) >= 11 is 13.0. The molecule has 17 heavy (non-hydrogen) atoms. The van der Waals surface area contributed by atoms with Gasteiger partial charge >= 0.3 is 0 Å². The maximum atomic E-state index is 9.02. The molecule has 0 radical (unpaired) electrons. The van der Waals surface area contributed by atoms with Crippen LogP contribution in [0.15, 0.2) is 28.7 Å². The zero-order chi connectivity index (χ0) is 12.3. The van der Waals surface area contributed by atoms with E-state index in [0.29, 0.717) is 15.2 Å². The first-order chi connectivity index (χ1) is 8.15. The van der Waals surface area contributed by atoms with Crippen LogP contribution in [0.5, 0.6) is 5.88 Å². The molecule has 88 valence electrons. The average Bonchev–Trinajstić information content (AvgIpc) is 2.68. The van der Waals surface area contributed by atoms with Crippen LogP contribution in [0.3, 0.4) is 0 Å². The van der Waals surface area contributed by atoms with Crippen molar-refractivity contribution in [2.75, 3.05) is 5.43 Å². The van der Waals surface area contributed by atoms with Gasteiger partial charge < -0.3 is 5.11 Å². The van der Waals surface area contributed by atoms with E-state index in [4.69, 9.17) is 28.3 Å². The van der Waals surface area contributed by atoms with E-state index in [1.807, 2.05) is 0 Å². The third-order valence-electron chi connectivity index (χ3n) is 1.82. The Morgan fingerprint density at radius 3 is 2.88 bits per heavy atom. The molecular weight excluding hydrogens is 281 g/mol. The number of benzene rings is 1. The monoisotopic (exact) mass is 287 g/mol. The molecule has 0 aliphatic rings. The molecule has 0 unspecified atom stereocenters. The molecule has 2 rings (SSSR count). The van der Waals surface area contributed by atoms with Gasteiger partial charge in [-0.3, -0.25) is 5.43 Å². The van der Waals surface area contributed by atoms with Crippen LogP contribution in [0.1, 0.15) is 5.56 Å². The largest absolute Gasteiger partial charge is 0.493 e. The van der Waals surface area contributed by atoms with Crippen LogP contribution >= 0.6 is 34.5 Å². The number of hydrazone groups is 1. The Labute approximate surface area is 112 Å². The number of rotatable bonds is 3. The number of nitrogens with zero attached hydrogens (tertiary/aromatic N) is 2. The molecule has 2 N–H and O–H groups in total. The summed E-state index contributed by atoms with van der Waals surface area (Å²) in [6, 6.07) is 5.12. The summed E-state index contributed by atoms with van der Waals surface area (Å²) in [5.74, 6) is -0.0303. The second kappa shape index (κ2) is 5.35. The van der Waals surface area contributed by atoms with Gasteiger partial charge in [-0.15, -0.1) is 0 Å². The Morgan fingerprint density at radius 1 is 1.41 bits per heavy atom. The molecule has 0 bridgehead atoms. The molecule has 0 saturated heterocycles. The van der Waals surface area contributed by atoms with Crippen molar-refractivity contribution in [1.82, 2.24) is 4.98 Å². The lowest BCUT2D eigenvalue weighted by Crippen LogP contribution is -1.90. The van der Waals surface area contributed by atoms with Crippen LogP contribution < -0.4 is 5.43 Å². The fourth-order valence-electron chi connectivity index (χ4n) is 1.08. The third-order valence-corrected chi connectivity index (χ3v) is 3.12. The highest BCUT2D eigenvalue weighted by atomic mass is 35.5. The lowest BCUT2D eigenvalue weighted by Gasteiger charge is -1.98. The van der Waals surface area contributed by atoms with Crippen molar-refractivity contribution >= 4 is 45.9 Å². The Bertz CT molecular complexity index is 556. The van der Waals surface area contributed by atoms with Gasteiger partial charge in [0.2, 0.25) is 11.0 Å². The zero-order valence-electron chi connectivity index (χ0n) is 8.39. The maximum absolute atomic E-state index is 9.02. The summed E-state index contributed by atoms with van der Waals surface area (Å²) in [4.78, 5) is 3.77. The number of hydrogen-bond acceptors (Lipinski definition) is 5. The number of anilines is 1. The lowest BCUT2D eigenvalue weighted by atomic mass is 10.2. The van der Waals surface area contributed by atoms with Crippen LogP contribution in [0.25, 0.3) is 0 Å². The predicted molar refractivity (Wildman–Crippen MR) is 71.5 cm³/mol. The van der Waals surface area contributed by atoms with E-state index in [-0.39, 0.29) is 5.88 Å². The van der Waals surface area contributed by atoms with Crippen molar-refractivity contribution in [3.05, 3.63) is 39.2 Å². The highest BCUT2D eigenvalue weighted by Crippen LogP contribution is 2.21. The first-order valence-electron chi connectivity index (χ1n) is 4.54. The molecule has 0 fully saturated rings. The molecule has 1 aromatic carbocycles. The minimum Gasteiger partial charge on any atom is -0.493 e. The summed E-state index contributed by atoms with van der Waals surface area (Å²) in [5, 5.41) is 16.1. The fourth-order valence-corrected chi connectivity index (χ4v) is 2.06. The molecule has 0 aliphatic carbocycles. The number of nitrogens with one attached hydrogen (secondary N) is 1. The van der Waals surface area contributed by atoms with Gasteiger partial charge in [0.25, 0.3) is 0 Å². The second-order valence-corrected chi connectivity index (χ2v) is 4.75. The van der Waals surface area contributed by atoms with Gasteiger partial charge in [0.05, 0.1) is 16.6 Å². The molecule has 4 nitrogen and oxygen atoms in total. The first-order valence-corrected chi connectivity index (χ1v) is 6.17. The molecule has 0 spiro atoms. The van der Waals surface area contributed by atoms with E-state index < -0.39 is 0 Å². The highest BCUT2D eigenvalue weighted by Gasteiger charge is 1.99. The van der Waals surface area contributed by atoms with Crippen LogP contribution in [0, 0.1) is 0 Å². The van der Waals surface area contributed by atoms with Crippen molar-refractivity contribution in [3.8, 4) is 5.88 Å². The number of aromatic hydroxyl groups is 1. The Hall–Kier alpha value is -1.30. The van der Waals surface area contributed by atoms with Crippen molar-refractivity contribution in [3.63, 3.8) is 0 Å². The van der Waals surface area contributed by atoms with Gasteiger partial charge in [-0.2, -0.15) is 10.1 Å². The maximum Gasteiger partial charge on any atom is 0.223 e. The number of aromatic nitrogens is 1. The number of thiazole rings is 1. The van der Waals surface area contributed by atoms with Gasteiger partial charge in [0, 0.05) is 10.6 Å². The standard InChI is InChI=1S/C10H7Cl2N3OS/c11-7-2-1-6(8(12)3-7)4-13-15-10-14-9(16)5-17-10/h1-5,16H,(H,14,15)/b13-4+. The minimum absolute atomic E-state index is 0.0303. The molecule has 2 aromatic rings. The minimum atomic E-state index is -0.0303. The van der Waals surface area contributed by atoms with Gasteiger partial charge in [-0.25, -0.2) is 0 Å². The zero-order valence-corrected chi connectivity index (χ0v) is 10.7. The Balaban J connectivity index is 2.05. The van der Waals surface area contributed by atoms with Crippen LogP contribution in [0.4, 0.5) is 5.13 Å². The van der Waals surface area contributed by atoms with Gasteiger partial charge in [-0.1, -0.05) is 40.6 Å². The third kappa shape index (κ3) is 3.33. The molecule has 7 heteroatoms. The van der Waals surface area contributed by atoms with E-state index in [2.05, 4.69) is 15.5 Å². The average molecular weight is 288 g/mol. The van der Waals surface area contributed by atoms with Crippen molar-refractivity contribution in [2.24, 2.45) is 5.10 Å². The van der Waals surface area contributed by atoms with E-state index in [9.17, 15) is 0 Å². The smallest absolute Gasteiger partial charge is 0.223 e. The van der Waals surface area contributed by atoms with Crippen molar-refractivity contribution < 1.29 is 5.11 Å². The SMILES string of the molecule is Oc1csc(N/N=C/c2ccc(Cl)cc2Cl)n1. The Kier molecular flexibility index (Phi) is 3.83. The molecule has 0 amide bonds. The topological polar surface area (TPSA) is 57.5 Å². The summed E-state index contributed by atoms with van der Waals surface area (Å²) in [5.41, 5.74) is 3.42. The molecular formula is C10H7Cl2N3OS. The summed E-state index contributed by atoms with van der Waals surface area (Å²) < 4.78 is 0. The first kappa shape index (κ1) is 12.2. The summed E-state index contributed by atoms with van der Waals surface area (Å²) in [7, 11) is 0. The molecule has 0 atom stereocenters. The van der Waals surface area contributed by atoms with E-state index >= 15 is 0 Å². The quantitative estimate of drug-likeness (QED) is 0.670. The van der Waals surface area contributed by atoms with Gasteiger partial charge in [0.15, 0.2) is 0 Å². The second-order valence-electron chi connectivity index (χ2n) is 3.05. The van der Waals surface area contributed by atoms with Gasteiger partial charge in [-0.05, 0) is 12.1 Å². The highest BCUT2D eigenvalue weighted by molar-refractivity contribution is 7.13. The van der Waals surface area contributed by atoms with Crippen molar-refractivity contribution in [1.29, 1.82) is 0 Å². The number of hydrogen-bond donors (Lipinski definition) is 2. The predicted octanol–water partition coefficient (Wildman–Crippen LogP) is 3.60. The molecule has 1 aromatic heterocycles. The molecule has 0 saturated carbocycles. The Morgan fingerprint density at radius 2 is 2.24 bits per heavy atom. The molecule has 0 aliphatic heterocycles.